The smallest absolute Gasteiger partial charge is 0.341 e. The van der Waals surface area contributed by atoms with Crippen LogP contribution >= 0.6 is 0 Å². The zero-order valence-corrected chi connectivity index (χ0v) is 9.22. The van der Waals surface area contributed by atoms with E-state index in [1.54, 1.807) is 4.90 Å². The number of hydrogen-bond acceptors (Lipinski definition) is 2. The Bertz CT molecular complexity index is 252. The van der Waals surface area contributed by atoms with Crippen LogP contribution in [0.3, 0.4) is 0 Å². The lowest BCUT2D eigenvalue weighted by atomic mass is 9.98. The summed E-state index contributed by atoms with van der Waals surface area (Å²) in [5.41, 5.74) is 2.35. The molecular formula is C9H17F3N4. The number of hydrogen-bond donors (Lipinski definition) is 2. The van der Waals surface area contributed by atoms with Crippen LogP contribution in [0.4, 0.5) is 13.2 Å². The molecule has 1 saturated heterocycles. The third-order valence-electron chi connectivity index (χ3n) is 2.62. The number of piperidine rings is 1. The maximum atomic E-state index is 12.5. The number of nitrogens with zero attached hydrogens (tertiary/aromatic N) is 2. The maximum Gasteiger partial charge on any atom is 0.393 e. The van der Waals surface area contributed by atoms with E-state index in [9.17, 15) is 13.2 Å². The van der Waals surface area contributed by atoms with Gasteiger partial charge in [0.05, 0.1) is 5.92 Å². The van der Waals surface area contributed by atoms with Crippen LogP contribution in [0.1, 0.15) is 19.8 Å². The Kier molecular flexibility index (Phi) is 4.40. The Balaban J connectivity index is 2.66. The highest BCUT2D eigenvalue weighted by molar-refractivity contribution is 5.79. The van der Waals surface area contributed by atoms with Crippen molar-refractivity contribution in [2.45, 2.75) is 25.9 Å². The Labute approximate surface area is 92.7 Å². The van der Waals surface area contributed by atoms with E-state index in [4.69, 9.17) is 5.84 Å². The average Bonchev–Trinajstić information content (AvgIpc) is 2.25. The lowest BCUT2D eigenvalue weighted by Gasteiger charge is -2.35. The van der Waals surface area contributed by atoms with Gasteiger partial charge in [0, 0.05) is 19.6 Å². The summed E-state index contributed by atoms with van der Waals surface area (Å²) in [6.45, 7) is 2.80. The molecule has 0 saturated carbocycles. The van der Waals surface area contributed by atoms with E-state index in [0.717, 1.165) is 0 Å². The molecule has 0 bridgehead atoms. The van der Waals surface area contributed by atoms with E-state index in [-0.39, 0.29) is 13.0 Å². The second-order valence-electron chi connectivity index (χ2n) is 3.77. The largest absolute Gasteiger partial charge is 0.393 e. The Hall–Kier alpha value is -0.980. The number of halogens is 3. The van der Waals surface area contributed by atoms with Crippen molar-refractivity contribution in [3.63, 3.8) is 0 Å². The van der Waals surface area contributed by atoms with Crippen molar-refractivity contribution in [2.75, 3.05) is 19.6 Å². The van der Waals surface area contributed by atoms with Gasteiger partial charge in [0.15, 0.2) is 0 Å². The number of aliphatic imine (C=N–C) groups is 1. The van der Waals surface area contributed by atoms with Crippen molar-refractivity contribution in [2.24, 2.45) is 16.8 Å². The predicted octanol–water partition coefficient (Wildman–Crippen LogP) is 1.10. The first-order valence-corrected chi connectivity index (χ1v) is 5.31. The number of nitrogens with one attached hydrogen (secondary N) is 1. The van der Waals surface area contributed by atoms with Gasteiger partial charge in [-0.25, -0.2) is 5.84 Å². The molecule has 1 heterocycles. The average molecular weight is 238 g/mol. The molecule has 4 nitrogen and oxygen atoms in total. The molecule has 1 aliphatic rings. The summed E-state index contributed by atoms with van der Waals surface area (Å²) in [5.74, 6) is 4.30. The van der Waals surface area contributed by atoms with Crippen LogP contribution < -0.4 is 11.3 Å². The van der Waals surface area contributed by atoms with Gasteiger partial charge in [0.1, 0.15) is 0 Å². The molecule has 0 aromatic rings. The lowest BCUT2D eigenvalue weighted by Crippen LogP contribution is -2.51. The van der Waals surface area contributed by atoms with Crippen molar-refractivity contribution in [3.05, 3.63) is 0 Å². The first-order valence-electron chi connectivity index (χ1n) is 5.31. The predicted molar refractivity (Wildman–Crippen MR) is 55.7 cm³/mol. The van der Waals surface area contributed by atoms with E-state index in [0.29, 0.717) is 25.5 Å². The Morgan fingerprint density at radius 2 is 2.25 bits per heavy atom. The molecule has 0 aromatic carbocycles. The summed E-state index contributed by atoms with van der Waals surface area (Å²) >= 11 is 0. The van der Waals surface area contributed by atoms with E-state index in [1.165, 1.54) is 0 Å². The molecule has 0 amide bonds. The fraction of sp³-hybridized carbons (Fsp3) is 0.889. The van der Waals surface area contributed by atoms with E-state index < -0.39 is 12.1 Å². The minimum Gasteiger partial charge on any atom is -0.341 e. The molecule has 1 rings (SSSR count). The summed E-state index contributed by atoms with van der Waals surface area (Å²) in [6.07, 6.45) is -3.44. The highest BCUT2D eigenvalue weighted by atomic mass is 19.4. The first-order chi connectivity index (χ1) is 7.49. The highest BCUT2D eigenvalue weighted by Gasteiger charge is 2.42. The van der Waals surface area contributed by atoms with Crippen LogP contribution in [0.25, 0.3) is 0 Å². The molecule has 1 unspecified atom stereocenters. The summed E-state index contributed by atoms with van der Waals surface area (Å²) in [6, 6.07) is 0. The van der Waals surface area contributed by atoms with Crippen LogP contribution in [-0.2, 0) is 0 Å². The van der Waals surface area contributed by atoms with E-state index >= 15 is 0 Å². The molecule has 1 fully saturated rings. The van der Waals surface area contributed by atoms with Crippen LogP contribution in [0.15, 0.2) is 4.99 Å². The van der Waals surface area contributed by atoms with Gasteiger partial charge in [-0.05, 0) is 19.8 Å². The van der Waals surface area contributed by atoms with Gasteiger partial charge in [0.2, 0.25) is 5.96 Å². The normalized spacial score (nSPS) is 23.4. The topological polar surface area (TPSA) is 53.6 Å². The fourth-order valence-electron chi connectivity index (χ4n) is 1.82. The zero-order chi connectivity index (χ0) is 12.2. The highest BCUT2D eigenvalue weighted by Crippen LogP contribution is 2.32. The van der Waals surface area contributed by atoms with E-state index in [2.05, 4.69) is 10.4 Å². The molecule has 94 valence electrons. The maximum absolute atomic E-state index is 12.5. The molecule has 0 aliphatic carbocycles. The van der Waals surface area contributed by atoms with Crippen LogP contribution in [0.5, 0.6) is 0 Å². The van der Waals surface area contributed by atoms with Crippen molar-refractivity contribution >= 4 is 5.96 Å². The number of alkyl halides is 3. The standard InChI is InChI=1S/C9H17F3N4/c1-2-14-8(15-13)16-5-3-4-7(6-16)9(10,11)12/h7H,2-6,13H2,1H3,(H,14,15). The third kappa shape index (κ3) is 3.26. The Morgan fingerprint density at radius 1 is 1.56 bits per heavy atom. The number of nitrogens with two attached hydrogens (primary N) is 1. The Morgan fingerprint density at radius 3 is 2.75 bits per heavy atom. The summed E-state index contributed by atoms with van der Waals surface area (Å²) in [5, 5.41) is 0. The van der Waals surface area contributed by atoms with Crippen LogP contribution in [0, 0.1) is 5.92 Å². The SMILES string of the molecule is CCN=C(NN)N1CCCC(C(F)(F)F)C1. The van der Waals surface area contributed by atoms with E-state index in [1.807, 2.05) is 6.92 Å². The monoisotopic (exact) mass is 238 g/mol. The molecule has 1 atom stereocenters. The number of hydrazine groups is 1. The summed E-state index contributed by atoms with van der Waals surface area (Å²) in [4.78, 5) is 5.58. The molecule has 0 radical (unpaired) electrons. The molecule has 7 heteroatoms. The van der Waals surface area contributed by atoms with Crippen molar-refractivity contribution in [1.29, 1.82) is 0 Å². The molecule has 3 N–H and O–H groups in total. The van der Waals surface area contributed by atoms with Gasteiger partial charge in [-0.1, -0.05) is 0 Å². The van der Waals surface area contributed by atoms with Gasteiger partial charge >= 0.3 is 6.18 Å². The van der Waals surface area contributed by atoms with Crippen molar-refractivity contribution in [3.8, 4) is 0 Å². The number of guanidine groups is 1. The zero-order valence-electron chi connectivity index (χ0n) is 9.22. The fourth-order valence-corrected chi connectivity index (χ4v) is 1.82. The van der Waals surface area contributed by atoms with Gasteiger partial charge in [-0.3, -0.25) is 10.4 Å². The second-order valence-corrected chi connectivity index (χ2v) is 3.77. The van der Waals surface area contributed by atoms with Gasteiger partial charge in [0.25, 0.3) is 0 Å². The molecule has 16 heavy (non-hydrogen) atoms. The number of rotatable bonds is 1. The molecule has 0 aromatic heterocycles. The molecule has 0 spiro atoms. The minimum absolute atomic E-state index is 0.0630. The van der Waals surface area contributed by atoms with Crippen molar-refractivity contribution in [1.82, 2.24) is 10.3 Å². The van der Waals surface area contributed by atoms with Crippen LogP contribution in [0.2, 0.25) is 0 Å². The second kappa shape index (κ2) is 5.38. The summed E-state index contributed by atoms with van der Waals surface area (Å²) < 4.78 is 37.6. The van der Waals surface area contributed by atoms with Crippen molar-refractivity contribution < 1.29 is 13.2 Å². The van der Waals surface area contributed by atoms with Gasteiger partial charge in [-0.2, -0.15) is 13.2 Å². The van der Waals surface area contributed by atoms with Crippen LogP contribution in [-0.4, -0.2) is 36.7 Å². The quantitative estimate of drug-likeness (QED) is 0.311. The molecular weight excluding hydrogens is 221 g/mol. The van der Waals surface area contributed by atoms with Gasteiger partial charge < -0.3 is 4.90 Å². The lowest BCUT2D eigenvalue weighted by molar-refractivity contribution is -0.183. The summed E-state index contributed by atoms with van der Waals surface area (Å²) in [7, 11) is 0. The van der Waals surface area contributed by atoms with Gasteiger partial charge in [-0.15, -0.1) is 0 Å². The first kappa shape index (κ1) is 13.1. The molecule has 1 aliphatic heterocycles. The minimum atomic E-state index is -4.13. The third-order valence-corrected chi connectivity index (χ3v) is 2.62. The number of likely N-dealkylation sites (tertiary alicyclic amines) is 1.